The number of aryl methyl sites for hydroxylation is 1. The molecule has 4 heteroatoms. The molecule has 1 aliphatic heterocycles. The minimum atomic E-state index is 0.839. The van der Waals surface area contributed by atoms with E-state index in [0.29, 0.717) is 0 Å². The predicted molar refractivity (Wildman–Crippen MR) is 99.8 cm³/mol. The van der Waals surface area contributed by atoms with Gasteiger partial charge in [-0.15, -0.1) is 0 Å². The van der Waals surface area contributed by atoms with Crippen LogP contribution in [0, 0.1) is 6.92 Å². The van der Waals surface area contributed by atoms with E-state index in [-0.39, 0.29) is 0 Å². The second-order valence-corrected chi connectivity index (χ2v) is 6.59. The van der Waals surface area contributed by atoms with E-state index in [1.807, 2.05) is 30.3 Å². The topological polar surface area (TPSA) is 19.7 Å². The van der Waals surface area contributed by atoms with Gasteiger partial charge in [0, 0.05) is 11.3 Å². The summed E-state index contributed by atoms with van der Waals surface area (Å²) in [6.07, 6.45) is 0. The lowest BCUT2D eigenvalue weighted by atomic mass is 10.1. The van der Waals surface area contributed by atoms with Crippen molar-refractivity contribution >= 4 is 23.0 Å². The average Bonchev–Trinajstić information content (AvgIpc) is 2.56. The number of nitrogens with one attached hydrogen (secondary N) is 2. The van der Waals surface area contributed by atoms with Crippen molar-refractivity contribution in [2.45, 2.75) is 13.5 Å². The minimum Gasteiger partial charge on any atom is -0.338 e. The number of para-hydroxylation sites is 1. The van der Waals surface area contributed by atoms with Crippen molar-refractivity contribution in [2.24, 2.45) is 0 Å². The molecule has 0 amide bonds. The number of quaternary nitrogens is 1. The fourth-order valence-corrected chi connectivity index (χ4v) is 3.34. The van der Waals surface area contributed by atoms with Crippen LogP contribution in [0.1, 0.15) is 11.1 Å². The molecule has 23 heavy (non-hydrogen) atoms. The van der Waals surface area contributed by atoms with E-state index in [1.54, 1.807) is 4.90 Å². The first kappa shape index (κ1) is 16.0. The van der Waals surface area contributed by atoms with Crippen molar-refractivity contribution in [1.29, 1.82) is 0 Å². The second kappa shape index (κ2) is 7.57. The van der Waals surface area contributed by atoms with Gasteiger partial charge in [-0.2, -0.15) is 0 Å². The van der Waals surface area contributed by atoms with E-state index in [2.05, 4.69) is 41.4 Å². The highest BCUT2D eigenvalue weighted by Crippen LogP contribution is 2.07. The van der Waals surface area contributed by atoms with Gasteiger partial charge in [-0.05, 0) is 31.3 Å². The Morgan fingerprint density at radius 2 is 1.83 bits per heavy atom. The lowest BCUT2D eigenvalue weighted by molar-refractivity contribution is -0.917. The molecule has 3 rings (SSSR count). The standard InChI is InChI=1S/C19H23N3S/c1-16-6-5-7-17(14-16)15-21-10-12-22(13-11-21)19(23)20-18-8-3-2-4-9-18/h2-9,14H,10-13,15H2,1H3,(H,20,23)/p+1. The third-order valence-corrected chi connectivity index (χ3v) is 4.68. The van der Waals surface area contributed by atoms with E-state index in [4.69, 9.17) is 12.2 Å². The molecule has 120 valence electrons. The number of nitrogens with zero attached hydrogens (tertiary/aromatic N) is 1. The number of benzene rings is 2. The van der Waals surface area contributed by atoms with E-state index in [1.165, 1.54) is 11.1 Å². The molecule has 1 heterocycles. The first-order valence-corrected chi connectivity index (χ1v) is 8.61. The molecule has 0 unspecified atom stereocenters. The highest BCUT2D eigenvalue weighted by Gasteiger charge is 2.21. The Bertz CT molecular complexity index is 649. The molecule has 0 saturated carbocycles. The maximum atomic E-state index is 5.55. The highest BCUT2D eigenvalue weighted by atomic mass is 32.1. The van der Waals surface area contributed by atoms with Crippen LogP contribution < -0.4 is 10.2 Å². The summed E-state index contributed by atoms with van der Waals surface area (Å²) in [6, 6.07) is 19.0. The van der Waals surface area contributed by atoms with Gasteiger partial charge in [-0.3, -0.25) is 0 Å². The predicted octanol–water partition coefficient (Wildman–Crippen LogP) is 2.09. The number of hydrogen-bond acceptors (Lipinski definition) is 1. The van der Waals surface area contributed by atoms with E-state index in [0.717, 1.165) is 43.5 Å². The molecule has 0 aliphatic carbocycles. The zero-order valence-electron chi connectivity index (χ0n) is 13.6. The number of thiocarbonyl (C=S) groups is 1. The number of piperazine rings is 1. The van der Waals surface area contributed by atoms with Gasteiger partial charge in [0.1, 0.15) is 6.54 Å². The van der Waals surface area contributed by atoms with Crippen molar-refractivity contribution in [3.05, 3.63) is 65.7 Å². The minimum absolute atomic E-state index is 0.839. The summed E-state index contributed by atoms with van der Waals surface area (Å²) in [5, 5.41) is 4.17. The van der Waals surface area contributed by atoms with Crippen LogP contribution in [0.3, 0.4) is 0 Å². The largest absolute Gasteiger partial charge is 0.338 e. The lowest BCUT2D eigenvalue weighted by Crippen LogP contribution is -3.13. The number of anilines is 1. The maximum absolute atomic E-state index is 5.55. The Kier molecular flexibility index (Phi) is 5.26. The molecule has 2 aromatic rings. The summed E-state index contributed by atoms with van der Waals surface area (Å²) in [5.74, 6) is 0. The molecule has 0 atom stereocenters. The van der Waals surface area contributed by atoms with Crippen LogP contribution in [0.25, 0.3) is 0 Å². The van der Waals surface area contributed by atoms with Crippen molar-refractivity contribution in [2.75, 3.05) is 31.5 Å². The van der Waals surface area contributed by atoms with Gasteiger partial charge in [-0.1, -0.05) is 48.0 Å². The summed E-state index contributed by atoms with van der Waals surface area (Å²) in [5.41, 5.74) is 3.83. The van der Waals surface area contributed by atoms with Crippen LogP contribution in [0.5, 0.6) is 0 Å². The van der Waals surface area contributed by atoms with Gasteiger partial charge in [0.15, 0.2) is 5.11 Å². The van der Waals surface area contributed by atoms with Gasteiger partial charge in [0.2, 0.25) is 0 Å². The third-order valence-electron chi connectivity index (χ3n) is 4.32. The molecule has 0 aromatic heterocycles. The number of hydrogen-bond donors (Lipinski definition) is 2. The molecule has 2 N–H and O–H groups in total. The van der Waals surface area contributed by atoms with E-state index in [9.17, 15) is 0 Å². The van der Waals surface area contributed by atoms with Crippen molar-refractivity contribution in [3.8, 4) is 0 Å². The maximum Gasteiger partial charge on any atom is 0.173 e. The van der Waals surface area contributed by atoms with Gasteiger partial charge in [-0.25, -0.2) is 0 Å². The Hall–Kier alpha value is -1.91. The normalized spacial score (nSPS) is 15.4. The number of rotatable bonds is 3. The van der Waals surface area contributed by atoms with Gasteiger partial charge < -0.3 is 15.1 Å². The monoisotopic (exact) mass is 326 g/mol. The Morgan fingerprint density at radius 3 is 2.52 bits per heavy atom. The molecule has 0 radical (unpaired) electrons. The van der Waals surface area contributed by atoms with E-state index >= 15 is 0 Å². The fourth-order valence-electron chi connectivity index (χ4n) is 3.04. The molecular formula is C19H24N3S+. The Morgan fingerprint density at radius 1 is 1.09 bits per heavy atom. The molecule has 0 spiro atoms. The summed E-state index contributed by atoms with van der Waals surface area (Å²) in [7, 11) is 0. The molecule has 1 saturated heterocycles. The zero-order chi connectivity index (χ0) is 16.1. The fraction of sp³-hybridized carbons (Fsp3) is 0.316. The van der Waals surface area contributed by atoms with Crippen LogP contribution in [-0.4, -0.2) is 36.2 Å². The Balaban J connectivity index is 1.49. The summed E-state index contributed by atoms with van der Waals surface area (Å²) in [6.45, 7) is 7.55. The quantitative estimate of drug-likeness (QED) is 0.843. The van der Waals surface area contributed by atoms with Gasteiger partial charge >= 0.3 is 0 Å². The summed E-state index contributed by atoms with van der Waals surface area (Å²) >= 11 is 5.55. The molecule has 2 aromatic carbocycles. The highest BCUT2D eigenvalue weighted by molar-refractivity contribution is 7.80. The average molecular weight is 326 g/mol. The Labute approximate surface area is 143 Å². The first-order valence-electron chi connectivity index (χ1n) is 8.21. The molecule has 1 fully saturated rings. The van der Waals surface area contributed by atoms with Crippen LogP contribution in [0.4, 0.5) is 5.69 Å². The molecular weight excluding hydrogens is 302 g/mol. The van der Waals surface area contributed by atoms with E-state index < -0.39 is 0 Å². The zero-order valence-corrected chi connectivity index (χ0v) is 14.4. The summed E-state index contributed by atoms with van der Waals surface area (Å²) < 4.78 is 0. The smallest absolute Gasteiger partial charge is 0.173 e. The van der Waals surface area contributed by atoms with Crippen LogP contribution in [0.15, 0.2) is 54.6 Å². The van der Waals surface area contributed by atoms with Crippen molar-refractivity contribution < 1.29 is 4.90 Å². The summed E-state index contributed by atoms with van der Waals surface area (Å²) in [4.78, 5) is 3.91. The van der Waals surface area contributed by atoms with Crippen LogP contribution in [0.2, 0.25) is 0 Å². The van der Waals surface area contributed by atoms with Gasteiger partial charge in [0.25, 0.3) is 0 Å². The molecule has 1 aliphatic rings. The van der Waals surface area contributed by atoms with Crippen LogP contribution >= 0.6 is 12.2 Å². The lowest BCUT2D eigenvalue weighted by Gasteiger charge is -2.34. The first-order chi connectivity index (χ1) is 11.2. The third kappa shape index (κ3) is 4.53. The second-order valence-electron chi connectivity index (χ2n) is 6.20. The SMILES string of the molecule is Cc1cccc(C[NH+]2CCN(C(=S)Nc3ccccc3)CC2)c1. The van der Waals surface area contributed by atoms with Crippen molar-refractivity contribution in [1.82, 2.24) is 4.90 Å². The van der Waals surface area contributed by atoms with Crippen LogP contribution in [-0.2, 0) is 6.54 Å². The van der Waals surface area contributed by atoms with Crippen molar-refractivity contribution in [3.63, 3.8) is 0 Å². The van der Waals surface area contributed by atoms with Gasteiger partial charge in [0.05, 0.1) is 26.2 Å². The molecule has 3 nitrogen and oxygen atoms in total. The molecule has 0 bridgehead atoms.